The predicted octanol–water partition coefficient (Wildman–Crippen LogP) is 0.451. The Hall–Kier alpha value is 1.40. The van der Waals surface area contributed by atoms with Crippen LogP contribution in [0.2, 0.25) is 0 Å². The van der Waals surface area contributed by atoms with Gasteiger partial charge in [0.05, 0.1) is 8.99 Å². The molecule has 0 fully saturated rings. The summed E-state index contributed by atoms with van der Waals surface area (Å²) in [7, 11) is 0. The fourth-order valence-corrected chi connectivity index (χ4v) is 0. The average Bonchev–Trinajstić information content (AvgIpc) is 1.92. The highest BCUT2D eigenvalue weighted by molar-refractivity contribution is 7.59. The van der Waals surface area contributed by atoms with Gasteiger partial charge in [-0.15, -0.1) is 0 Å². The number of hydrogen-bond acceptors (Lipinski definition) is 0. The van der Waals surface area contributed by atoms with Crippen molar-refractivity contribution >= 4 is 53.2 Å². The van der Waals surface area contributed by atoms with Crippen molar-refractivity contribution in [2.45, 2.75) is 0 Å². The minimum absolute atomic E-state index is 0.250. The molecule has 0 heterocycles. The molecule has 0 aromatic heterocycles. The van der Waals surface area contributed by atoms with Crippen molar-refractivity contribution in [1.82, 2.24) is 0 Å². The second-order valence-corrected chi connectivity index (χ2v) is 0. The van der Waals surface area contributed by atoms with Crippen LogP contribution >= 0.6 is 53.2 Å². The van der Waals surface area contributed by atoms with E-state index in [9.17, 15) is 0 Å². The molecule has 0 saturated heterocycles. The van der Waals surface area contributed by atoms with Gasteiger partial charge in [0.2, 0.25) is 0 Å². The third kappa shape index (κ3) is 9.99. The van der Waals surface area contributed by atoms with E-state index in [1.807, 2.05) is 0 Å². The zero-order valence-corrected chi connectivity index (χ0v) is 4.90. The fourth-order valence-electron chi connectivity index (χ4n) is 0. The molecule has 0 aliphatic rings. The van der Waals surface area contributed by atoms with Crippen LogP contribution in [0.4, 0.5) is 0 Å². The zero-order valence-electron chi connectivity index (χ0n) is 9.63. The maximum absolute atomic E-state index is 5.79. The lowest BCUT2D eigenvalue weighted by Gasteiger charge is -0.198. The highest BCUT2D eigenvalue weighted by Crippen LogP contribution is 0.651. The molecule has 0 N–H and O–H groups in total. The summed E-state index contributed by atoms with van der Waals surface area (Å²) in [6.07, 6.45) is 0. The second-order valence-electron chi connectivity index (χ2n) is 0. The normalized spacial score (nSPS) is 20.0. The van der Waals surface area contributed by atoms with E-state index in [0.717, 1.165) is 0 Å². The average molecular weight is 144 g/mol. The van der Waals surface area contributed by atoms with E-state index in [-0.39, 0.29) is 53.2 Å². The molecule has 32 valence electrons. The zero-order chi connectivity index (χ0) is 10.8. The maximum atomic E-state index is 5.79. The van der Waals surface area contributed by atoms with E-state index in [2.05, 4.69) is 0 Å². The predicted molar refractivity (Wildman–Crippen MR) is 41.5 cm³/mol. The van der Waals surface area contributed by atoms with Gasteiger partial charge in [-0.1, -0.05) is 0 Å². The smallest absolute Gasteiger partial charge is 0.0985 e. The van der Waals surface area contributed by atoms with Gasteiger partial charge in [0, 0.05) is 0 Å². The summed E-state index contributed by atoms with van der Waals surface area (Å²) in [6.45, 7) is 0. The van der Waals surface area contributed by atoms with Crippen molar-refractivity contribution in [3.05, 3.63) is 0 Å². The molecule has 0 aliphatic heterocycles. The van der Waals surface area contributed by atoms with Crippen LogP contribution in [0.5, 0.6) is 0 Å². The first-order valence-electron chi connectivity index (χ1n) is 3.27. The van der Waals surface area contributed by atoms with E-state index < -0.39 is 0 Å². The van der Waals surface area contributed by atoms with Crippen molar-refractivity contribution in [2.75, 3.05) is 0 Å². The first-order valence-corrected chi connectivity index (χ1v) is 0. The molecule has 0 amide bonds. The second kappa shape index (κ2) is 26.0. The molecule has 0 aliphatic carbocycles. The molecular formula is H8S4. The van der Waals surface area contributed by atoms with Gasteiger partial charge in [-0.25, -0.2) is 0 Å². The lowest BCUT2D eigenvalue weighted by atomic mass is 32.1. The van der Waals surface area contributed by atoms with Crippen LogP contribution in [0.1, 0.15) is 0 Å². The largest absolute Gasteiger partial charge is 0.197 e. The van der Waals surface area contributed by atoms with Crippen molar-refractivity contribution < 1.29 is 0 Å². The van der Waals surface area contributed by atoms with Crippen LogP contribution in [0, 0.1) is 0 Å². The third-order valence-electron chi connectivity index (χ3n) is 0. The quantitative estimate of drug-likeness (QED) is 0.463. The van der Waals surface area contributed by atoms with Crippen LogP contribution in [-0.2, 0) is 0 Å². The number of rotatable bonds is 0. The molecule has 0 spiro atoms. The van der Waals surface area contributed by atoms with Gasteiger partial charge in [-0.3, -0.25) is 0 Å². The van der Waals surface area contributed by atoms with Crippen molar-refractivity contribution in [2.24, 2.45) is 0 Å². The Kier molecular flexibility index (Phi) is 7.68. The lowest BCUT2D eigenvalue weighted by Crippen LogP contribution is 0.647. The van der Waals surface area contributed by atoms with Gasteiger partial charge >= 0.3 is 0 Å². The Morgan fingerprint density at radius 2 is 1.00 bits per heavy atom. The van der Waals surface area contributed by atoms with E-state index in [0.29, 0.717) is 0 Å². The molecule has 4 heteroatoms. The molecular weight excluding hydrogens is 128 g/mol. The molecule has 0 atom stereocenters. The summed E-state index contributed by atoms with van der Waals surface area (Å²) in [5.41, 5.74) is 0. The third-order valence-corrected chi connectivity index (χ3v) is 0. The Morgan fingerprint density at radius 1 is 1.00 bits per heavy atom. The molecule has 0 radical (unpaired) electrons. The van der Waals surface area contributed by atoms with Crippen molar-refractivity contribution in [3.8, 4) is 0 Å². The topological polar surface area (TPSA) is 0 Å². The lowest BCUT2D eigenvalue weighted by molar-refractivity contribution is 7.59. The standard InChI is InChI=1S/4H2S/h4*1H2/i/hD8. The summed E-state index contributed by atoms with van der Waals surface area (Å²) < 4.78 is 46.3. The van der Waals surface area contributed by atoms with Crippen molar-refractivity contribution in [1.29, 1.82) is 8.99 Å². The van der Waals surface area contributed by atoms with Gasteiger partial charge in [0.15, 0.2) is 0 Å². The monoisotopic (exact) mass is 144 g/mol. The van der Waals surface area contributed by atoms with Crippen LogP contribution in [-0.4, -0.2) is 8.99 Å². The first kappa shape index (κ1) is 1.18. The summed E-state index contributed by atoms with van der Waals surface area (Å²) in [5.74, 6) is 0. The fraction of sp³-hybridized carbons (Fsp3) is 0. The Labute approximate surface area is 62.8 Å². The summed E-state index contributed by atoms with van der Waals surface area (Å²) in [4.78, 5) is 0. The van der Waals surface area contributed by atoms with Crippen LogP contribution < -0.4 is 0 Å². The highest BCUT2D eigenvalue weighted by Gasteiger charge is -0.194. The molecule has 0 unspecified atom stereocenters. The Morgan fingerprint density at radius 3 is 1.00 bits per heavy atom. The van der Waals surface area contributed by atoms with Gasteiger partial charge < -0.3 is 0 Å². The minimum atomic E-state index is 0.250. The van der Waals surface area contributed by atoms with Gasteiger partial charge in [-0.2, -0.15) is 53.2 Å². The van der Waals surface area contributed by atoms with Crippen LogP contribution in [0.25, 0.3) is 0 Å². The molecule has 4 heavy (non-hydrogen) atoms. The summed E-state index contributed by atoms with van der Waals surface area (Å²) >= 11 is 1.000. The van der Waals surface area contributed by atoms with Crippen LogP contribution in [0.15, 0.2) is 0 Å². The van der Waals surface area contributed by atoms with E-state index in [1.165, 1.54) is 0 Å². The minimum Gasteiger partial charge on any atom is -0.197 e. The van der Waals surface area contributed by atoms with Crippen LogP contribution in [0.3, 0.4) is 0 Å². The van der Waals surface area contributed by atoms with E-state index in [4.69, 9.17) is 8.99 Å². The molecule has 0 rings (SSSR count). The molecule has 0 saturated carbocycles. The van der Waals surface area contributed by atoms with Gasteiger partial charge in [0.1, 0.15) is 0 Å². The van der Waals surface area contributed by atoms with E-state index in [1.54, 1.807) is 0 Å². The summed E-state index contributed by atoms with van der Waals surface area (Å²) in [5, 5.41) is 0. The molecule has 0 aromatic carbocycles. The SMILES string of the molecule is [2H]S[2H].[2H]S[2H].[2H]S[2H].[2H]S[2H]. The Bertz CT molecular complexity index is 19.0. The van der Waals surface area contributed by atoms with Gasteiger partial charge in [-0.05, 0) is 0 Å². The molecule has 0 aromatic rings. The maximum Gasteiger partial charge on any atom is 0.0985 e. The van der Waals surface area contributed by atoms with Crippen molar-refractivity contribution in [3.63, 3.8) is 0 Å². The van der Waals surface area contributed by atoms with E-state index >= 15 is 0 Å². The summed E-state index contributed by atoms with van der Waals surface area (Å²) in [6, 6.07) is 0. The number of hydrogen-bond donors (Lipinski definition) is 0. The van der Waals surface area contributed by atoms with Gasteiger partial charge in [0.25, 0.3) is 0 Å². The first-order chi connectivity index (χ1) is 5.66. The molecule has 0 nitrogen and oxygen atoms in total. The Balaban J connectivity index is -0.0000000356. The molecule has 0 bridgehead atoms. The highest BCUT2D eigenvalue weighted by atomic mass is 32.1.